The van der Waals surface area contributed by atoms with Crippen molar-refractivity contribution >= 4 is 17.1 Å². The first-order valence-corrected chi connectivity index (χ1v) is 10.5. The van der Waals surface area contributed by atoms with Gasteiger partial charge in [0.25, 0.3) is 0 Å². The maximum Gasteiger partial charge on any atom is 0.134 e. The molecule has 0 heterocycles. The fourth-order valence-electron chi connectivity index (χ4n) is 3.46. The summed E-state index contributed by atoms with van der Waals surface area (Å²) >= 11 is 0. The quantitative estimate of drug-likeness (QED) is 0.286. The van der Waals surface area contributed by atoms with Gasteiger partial charge in [0.1, 0.15) is 34.5 Å². The van der Waals surface area contributed by atoms with Crippen LogP contribution in [0.5, 0.6) is 34.5 Å². The molecule has 0 fully saturated rings. The lowest BCUT2D eigenvalue weighted by Gasteiger charge is -2.16. The summed E-state index contributed by atoms with van der Waals surface area (Å²) < 4.78 is 18.5. The Hall–Kier alpha value is -4.32. The normalized spacial score (nSPS) is 10.6. The second-order valence-electron chi connectivity index (χ2n) is 8.02. The van der Waals surface area contributed by atoms with E-state index in [1.165, 1.54) is 0 Å². The minimum absolute atomic E-state index is 0.566. The van der Waals surface area contributed by atoms with Crippen LogP contribution < -0.4 is 31.4 Å². The minimum Gasteiger partial charge on any atom is -0.457 e. The summed E-state index contributed by atoms with van der Waals surface area (Å²) in [7, 11) is 0. The molecule has 6 N–H and O–H groups in total. The van der Waals surface area contributed by atoms with Gasteiger partial charge in [-0.2, -0.15) is 0 Å². The third-order valence-corrected chi connectivity index (χ3v) is 5.13. The van der Waals surface area contributed by atoms with E-state index in [2.05, 4.69) is 0 Å². The van der Waals surface area contributed by atoms with Gasteiger partial charge in [-0.05, 0) is 92.1 Å². The molecule has 0 saturated heterocycles. The van der Waals surface area contributed by atoms with Crippen molar-refractivity contribution in [2.24, 2.45) is 0 Å². The lowest BCUT2D eigenvalue weighted by Crippen LogP contribution is -1.95. The van der Waals surface area contributed by atoms with Crippen LogP contribution >= 0.6 is 0 Å². The summed E-state index contributed by atoms with van der Waals surface area (Å²) in [6.45, 7) is 5.83. The van der Waals surface area contributed by atoms with Crippen LogP contribution in [0.3, 0.4) is 0 Å². The predicted molar refractivity (Wildman–Crippen MR) is 133 cm³/mol. The fraction of sp³-hybridized carbons (Fsp3) is 0.111. The maximum atomic E-state index is 6.16. The van der Waals surface area contributed by atoms with Gasteiger partial charge in [0.2, 0.25) is 0 Å². The monoisotopic (exact) mass is 441 g/mol. The van der Waals surface area contributed by atoms with Gasteiger partial charge in [0, 0.05) is 35.3 Å². The van der Waals surface area contributed by atoms with Gasteiger partial charge in [0.05, 0.1) is 0 Å². The van der Waals surface area contributed by atoms with E-state index in [-0.39, 0.29) is 0 Å². The van der Waals surface area contributed by atoms with Gasteiger partial charge >= 0.3 is 0 Å². The van der Waals surface area contributed by atoms with Gasteiger partial charge in [-0.25, -0.2) is 0 Å². The van der Waals surface area contributed by atoms with E-state index < -0.39 is 0 Å². The van der Waals surface area contributed by atoms with E-state index in [1.54, 1.807) is 18.2 Å². The molecule has 6 heteroatoms. The molecule has 0 atom stereocenters. The summed E-state index contributed by atoms with van der Waals surface area (Å²) in [5.74, 6) is 3.78. The zero-order chi connectivity index (χ0) is 23.5. The van der Waals surface area contributed by atoms with Crippen molar-refractivity contribution in [2.45, 2.75) is 20.8 Å². The Kier molecular flexibility index (Phi) is 6.00. The zero-order valence-electron chi connectivity index (χ0n) is 18.9. The Balaban J connectivity index is 1.71. The number of benzene rings is 4. The van der Waals surface area contributed by atoms with Crippen molar-refractivity contribution in [1.29, 1.82) is 0 Å². The zero-order valence-corrected chi connectivity index (χ0v) is 18.9. The Bertz CT molecular complexity index is 1150. The number of nitrogens with two attached hydrogens (primary N) is 3. The molecule has 0 unspecified atom stereocenters. The molecule has 0 bridgehead atoms. The molecule has 0 saturated carbocycles. The highest BCUT2D eigenvalue weighted by Crippen LogP contribution is 2.38. The summed E-state index contributed by atoms with van der Waals surface area (Å²) in [5, 5.41) is 0. The second-order valence-corrected chi connectivity index (χ2v) is 8.02. The van der Waals surface area contributed by atoms with Crippen LogP contribution in [0.4, 0.5) is 17.1 Å². The standard InChI is InChI=1S/C27H27N3O3/c1-16-10-19(28)4-7-25(16)31-22-13-23(32-26-8-5-20(29)11-17(26)2)15-24(14-22)33-27-9-6-21(30)12-18(27)3/h4-15H,28-30H2,1-3H3. The highest BCUT2D eigenvalue weighted by atomic mass is 16.5. The van der Waals surface area contributed by atoms with E-state index in [1.807, 2.05) is 75.4 Å². The third-order valence-electron chi connectivity index (χ3n) is 5.13. The van der Waals surface area contributed by atoms with Crippen LogP contribution in [0, 0.1) is 20.8 Å². The Labute approximate surface area is 193 Å². The van der Waals surface area contributed by atoms with Crippen LogP contribution in [0.25, 0.3) is 0 Å². The van der Waals surface area contributed by atoms with Crippen LogP contribution in [0.2, 0.25) is 0 Å². The van der Waals surface area contributed by atoms with Gasteiger partial charge < -0.3 is 31.4 Å². The molecule has 0 radical (unpaired) electrons. The topological polar surface area (TPSA) is 106 Å². The van der Waals surface area contributed by atoms with Crippen molar-refractivity contribution in [3.63, 3.8) is 0 Å². The molecule has 168 valence electrons. The first-order chi connectivity index (χ1) is 15.8. The van der Waals surface area contributed by atoms with Crippen LogP contribution in [0.1, 0.15) is 16.7 Å². The molecular formula is C27H27N3O3. The number of rotatable bonds is 6. The molecular weight excluding hydrogens is 414 g/mol. The van der Waals surface area contributed by atoms with Gasteiger partial charge in [0.15, 0.2) is 0 Å². The van der Waals surface area contributed by atoms with Crippen LogP contribution in [-0.4, -0.2) is 0 Å². The van der Waals surface area contributed by atoms with Crippen molar-refractivity contribution < 1.29 is 14.2 Å². The lowest BCUT2D eigenvalue weighted by atomic mass is 10.2. The van der Waals surface area contributed by atoms with Crippen molar-refractivity contribution in [2.75, 3.05) is 17.2 Å². The molecule has 4 rings (SSSR count). The van der Waals surface area contributed by atoms with Gasteiger partial charge in [-0.15, -0.1) is 0 Å². The van der Waals surface area contributed by atoms with Crippen molar-refractivity contribution in [3.05, 3.63) is 89.5 Å². The average molecular weight is 442 g/mol. The Morgan fingerprint density at radius 2 is 0.697 bits per heavy atom. The Morgan fingerprint density at radius 1 is 0.424 bits per heavy atom. The van der Waals surface area contributed by atoms with E-state index in [9.17, 15) is 0 Å². The van der Waals surface area contributed by atoms with E-state index >= 15 is 0 Å². The van der Waals surface area contributed by atoms with E-state index in [0.717, 1.165) is 16.7 Å². The smallest absolute Gasteiger partial charge is 0.134 e. The molecule has 6 nitrogen and oxygen atoms in total. The van der Waals surface area contributed by atoms with Crippen molar-refractivity contribution in [3.8, 4) is 34.5 Å². The average Bonchev–Trinajstić information content (AvgIpc) is 2.74. The summed E-state index contributed by atoms with van der Waals surface area (Å²) in [5.41, 5.74) is 22.4. The molecule has 0 aliphatic rings. The Morgan fingerprint density at radius 3 is 0.939 bits per heavy atom. The number of ether oxygens (including phenoxy) is 3. The second kappa shape index (κ2) is 9.04. The number of nitrogen functional groups attached to an aromatic ring is 3. The number of hydrogen-bond donors (Lipinski definition) is 3. The van der Waals surface area contributed by atoms with Crippen LogP contribution in [0.15, 0.2) is 72.8 Å². The highest BCUT2D eigenvalue weighted by Gasteiger charge is 2.11. The number of anilines is 3. The molecule has 0 amide bonds. The summed E-state index contributed by atoms with van der Waals surface area (Å²) in [6.07, 6.45) is 0. The van der Waals surface area contributed by atoms with Crippen molar-refractivity contribution in [1.82, 2.24) is 0 Å². The third kappa shape index (κ3) is 5.30. The SMILES string of the molecule is Cc1cc(N)ccc1Oc1cc(Oc2ccc(N)cc2C)cc(Oc2ccc(N)cc2C)c1. The molecule has 33 heavy (non-hydrogen) atoms. The number of hydrogen-bond acceptors (Lipinski definition) is 6. The first kappa shape index (κ1) is 21.9. The van der Waals surface area contributed by atoms with Crippen LogP contribution in [-0.2, 0) is 0 Å². The largest absolute Gasteiger partial charge is 0.457 e. The molecule has 4 aromatic carbocycles. The highest BCUT2D eigenvalue weighted by molar-refractivity contribution is 5.54. The van der Waals surface area contributed by atoms with Gasteiger partial charge in [-0.3, -0.25) is 0 Å². The van der Waals surface area contributed by atoms with Gasteiger partial charge in [-0.1, -0.05) is 0 Å². The molecule has 0 aliphatic carbocycles. The minimum atomic E-state index is 0.566. The number of aryl methyl sites for hydroxylation is 3. The molecule has 0 spiro atoms. The lowest BCUT2D eigenvalue weighted by molar-refractivity contribution is 0.436. The fourth-order valence-corrected chi connectivity index (χ4v) is 3.46. The first-order valence-electron chi connectivity index (χ1n) is 10.5. The predicted octanol–water partition coefficient (Wildman–Crippen LogP) is 6.74. The molecule has 0 aromatic heterocycles. The van der Waals surface area contributed by atoms with E-state index in [4.69, 9.17) is 31.4 Å². The maximum absolute atomic E-state index is 6.16. The summed E-state index contributed by atoms with van der Waals surface area (Å²) in [4.78, 5) is 0. The molecule has 4 aromatic rings. The summed E-state index contributed by atoms with van der Waals surface area (Å²) in [6, 6.07) is 22.0. The van der Waals surface area contributed by atoms with E-state index in [0.29, 0.717) is 51.6 Å². The molecule has 0 aliphatic heterocycles.